The second kappa shape index (κ2) is 5.74. The van der Waals surface area contributed by atoms with Crippen LogP contribution in [0.2, 0.25) is 10.0 Å². The van der Waals surface area contributed by atoms with E-state index < -0.39 is 6.10 Å². The van der Waals surface area contributed by atoms with Crippen LogP contribution in [-0.2, 0) is 13.5 Å². The molecule has 0 fully saturated rings. The number of rotatable bonds is 4. The minimum atomic E-state index is -0.614. The maximum atomic E-state index is 10.1. The Balaban J connectivity index is 2.03. The third-order valence-electron chi connectivity index (χ3n) is 2.81. The Bertz CT molecular complexity index is 540. The monoisotopic (exact) mass is 284 g/mol. The van der Waals surface area contributed by atoms with Crippen molar-refractivity contribution in [2.75, 3.05) is 0 Å². The van der Waals surface area contributed by atoms with Gasteiger partial charge in [-0.25, -0.2) is 0 Å². The zero-order valence-electron chi connectivity index (χ0n) is 9.98. The summed E-state index contributed by atoms with van der Waals surface area (Å²) in [5, 5.41) is 15.1. The van der Waals surface area contributed by atoms with Gasteiger partial charge in [-0.15, -0.1) is 0 Å². The fraction of sp³-hybridized carbons (Fsp3) is 0.308. The van der Waals surface area contributed by atoms with E-state index in [0.717, 1.165) is 12.0 Å². The van der Waals surface area contributed by atoms with E-state index in [1.165, 1.54) is 0 Å². The van der Waals surface area contributed by atoms with Crippen LogP contribution in [0.1, 0.15) is 23.7 Å². The first-order valence-electron chi connectivity index (χ1n) is 5.67. The zero-order valence-corrected chi connectivity index (χ0v) is 11.5. The van der Waals surface area contributed by atoms with E-state index in [4.69, 9.17) is 23.2 Å². The van der Waals surface area contributed by atoms with Crippen LogP contribution in [0.25, 0.3) is 0 Å². The molecule has 0 aliphatic carbocycles. The molecule has 0 bridgehead atoms. The number of aryl methyl sites for hydroxylation is 2. The van der Waals surface area contributed by atoms with E-state index >= 15 is 0 Å². The predicted molar refractivity (Wildman–Crippen MR) is 73.0 cm³/mol. The zero-order chi connectivity index (χ0) is 13.1. The third-order valence-corrected chi connectivity index (χ3v) is 3.64. The minimum Gasteiger partial charge on any atom is -0.388 e. The molecule has 1 atom stereocenters. The van der Waals surface area contributed by atoms with Crippen LogP contribution < -0.4 is 0 Å². The molecule has 3 nitrogen and oxygen atoms in total. The molecule has 96 valence electrons. The highest BCUT2D eigenvalue weighted by atomic mass is 35.5. The average molecular weight is 285 g/mol. The lowest BCUT2D eigenvalue weighted by Gasteiger charge is -2.12. The molecule has 0 aliphatic rings. The van der Waals surface area contributed by atoms with Gasteiger partial charge in [-0.2, -0.15) is 5.10 Å². The van der Waals surface area contributed by atoms with Gasteiger partial charge in [0.05, 0.1) is 22.3 Å². The van der Waals surface area contributed by atoms with Crippen LogP contribution >= 0.6 is 23.2 Å². The van der Waals surface area contributed by atoms with E-state index in [-0.39, 0.29) is 0 Å². The molecule has 0 radical (unpaired) electrons. The number of hydrogen-bond acceptors (Lipinski definition) is 2. The highest BCUT2D eigenvalue weighted by molar-refractivity contribution is 6.42. The van der Waals surface area contributed by atoms with Gasteiger partial charge in [-0.3, -0.25) is 4.68 Å². The van der Waals surface area contributed by atoms with E-state index in [1.807, 2.05) is 13.2 Å². The Morgan fingerprint density at radius 3 is 2.83 bits per heavy atom. The molecule has 1 aromatic heterocycles. The van der Waals surface area contributed by atoms with Gasteiger partial charge in [0.2, 0.25) is 0 Å². The van der Waals surface area contributed by atoms with Gasteiger partial charge in [0.25, 0.3) is 0 Å². The summed E-state index contributed by atoms with van der Waals surface area (Å²) in [5.74, 6) is 0. The van der Waals surface area contributed by atoms with Gasteiger partial charge in [0.1, 0.15) is 0 Å². The van der Waals surface area contributed by atoms with Gasteiger partial charge < -0.3 is 5.11 Å². The topological polar surface area (TPSA) is 38.0 Å². The Morgan fingerprint density at radius 1 is 1.39 bits per heavy atom. The van der Waals surface area contributed by atoms with Gasteiger partial charge >= 0.3 is 0 Å². The van der Waals surface area contributed by atoms with Crippen molar-refractivity contribution >= 4 is 23.2 Å². The summed E-state index contributed by atoms with van der Waals surface area (Å²) in [5.41, 5.74) is 1.77. The molecule has 0 saturated heterocycles. The van der Waals surface area contributed by atoms with Crippen LogP contribution in [0.4, 0.5) is 0 Å². The number of nitrogens with zero attached hydrogens (tertiary/aromatic N) is 2. The number of aliphatic hydroxyl groups is 1. The van der Waals surface area contributed by atoms with Crippen molar-refractivity contribution in [2.24, 2.45) is 7.05 Å². The second-order valence-corrected chi connectivity index (χ2v) is 5.00. The van der Waals surface area contributed by atoms with Crippen LogP contribution in [0.15, 0.2) is 30.6 Å². The van der Waals surface area contributed by atoms with Crippen molar-refractivity contribution < 1.29 is 5.11 Å². The van der Waals surface area contributed by atoms with Crippen molar-refractivity contribution in [3.8, 4) is 0 Å². The number of aromatic nitrogens is 2. The SMILES string of the molecule is Cn1cc(CCC(O)c2cccc(Cl)c2Cl)cn1. The maximum absolute atomic E-state index is 10.1. The number of aliphatic hydroxyl groups excluding tert-OH is 1. The van der Waals surface area contributed by atoms with Crippen molar-refractivity contribution in [1.29, 1.82) is 0 Å². The van der Waals surface area contributed by atoms with Crippen molar-refractivity contribution in [3.05, 3.63) is 51.8 Å². The third kappa shape index (κ3) is 3.05. The quantitative estimate of drug-likeness (QED) is 0.935. The van der Waals surface area contributed by atoms with E-state index in [9.17, 15) is 5.11 Å². The van der Waals surface area contributed by atoms with Crippen molar-refractivity contribution in [2.45, 2.75) is 18.9 Å². The molecule has 0 spiro atoms. The normalized spacial score (nSPS) is 12.7. The molecule has 5 heteroatoms. The first-order valence-corrected chi connectivity index (χ1v) is 6.43. The summed E-state index contributed by atoms with van der Waals surface area (Å²) in [7, 11) is 1.87. The van der Waals surface area contributed by atoms with Gasteiger partial charge in [0.15, 0.2) is 0 Å². The number of halogens is 2. The summed E-state index contributed by atoms with van der Waals surface area (Å²) >= 11 is 12.0. The van der Waals surface area contributed by atoms with Gasteiger partial charge in [-0.05, 0) is 24.5 Å². The standard InChI is InChI=1S/C13H14Cl2N2O/c1-17-8-9(7-16-17)5-6-12(18)10-3-2-4-11(14)13(10)15/h2-4,7-8,12,18H,5-6H2,1H3. The van der Waals surface area contributed by atoms with Gasteiger partial charge in [0, 0.05) is 18.8 Å². The van der Waals surface area contributed by atoms with Crippen LogP contribution in [-0.4, -0.2) is 14.9 Å². The van der Waals surface area contributed by atoms with E-state index in [2.05, 4.69) is 5.10 Å². The summed E-state index contributed by atoms with van der Waals surface area (Å²) in [4.78, 5) is 0. The maximum Gasteiger partial charge on any atom is 0.0808 e. The Labute approximate surface area is 116 Å². The lowest BCUT2D eigenvalue weighted by molar-refractivity contribution is 0.168. The van der Waals surface area contributed by atoms with Crippen LogP contribution in [0.5, 0.6) is 0 Å². The predicted octanol–water partition coefficient (Wildman–Crippen LogP) is 3.39. The number of hydrogen-bond donors (Lipinski definition) is 1. The summed E-state index contributed by atoms with van der Waals surface area (Å²) in [6.07, 6.45) is 4.46. The molecule has 1 heterocycles. The van der Waals surface area contributed by atoms with Gasteiger partial charge in [-0.1, -0.05) is 35.3 Å². The fourth-order valence-corrected chi connectivity index (χ4v) is 2.27. The molecular formula is C13H14Cl2N2O. The van der Waals surface area contributed by atoms with Crippen molar-refractivity contribution in [3.63, 3.8) is 0 Å². The molecule has 1 unspecified atom stereocenters. The smallest absolute Gasteiger partial charge is 0.0808 e. The Kier molecular flexibility index (Phi) is 4.27. The molecule has 18 heavy (non-hydrogen) atoms. The lowest BCUT2D eigenvalue weighted by Crippen LogP contribution is -2.00. The molecular weight excluding hydrogens is 271 g/mol. The molecule has 2 aromatic rings. The molecule has 1 N–H and O–H groups in total. The second-order valence-electron chi connectivity index (χ2n) is 4.22. The lowest BCUT2D eigenvalue weighted by atomic mass is 10.0. The summed E-state index contributed by atoms with van der Waals surface area (Å²) in [6, 6.07) is 5.29. The first kappa shape index (κ1) is 13.4. The summed E-state index contributed by atoms with van der Waals surface area (Å²) < 4.78 is 1.74. The van der Waals surface area contributed by atoms with E-state index in [1.54, 1.807) is 29.1 Å². The molecule has 0 aliphatic heterocycles. The highest BCUT2D eigenvalue weighted by Crippen LogP contribution is 2.31. The average Bonchev–Trinajstić information content (AvgIpc) is 2.76. The molecule has 1 aromatic carbocycles. The van der Waals surface area contributed by atoms with Crippen LogP contribution in [0.3, 0.4) is 0 Å². The Hall–Kier alpha value is -1.03. The molecule has 0 saturated carbocycles. The van der Waals surface area contributed by atoms with Crippen molar-refractivity contribution in [1.82, 2.24) is 9.78 Å². The fourth-order valence-electron chi connectivity index (χ4n) is 1.84. The summed E-state index contributed by atoms with van der Waals surface area (Å²) in [6.45, 7) is 0. The largest absolute Gasteiger partial charge is 0.388 e. The highest BCUT2D eigenvalue weighted by Gasteiger charge is 2.13. The van der Waals surface area contributed by atoms with Crippen LogP contribution in [0, 0.1) is 0 Å². The minimum absolute atomic E-state index is 0.429. The van der Waals surface area contributed by atoms with E-state index in [0.29, 0.717) is 22.0 Å². The molecule has 2 rings (SSSR count). The first-order chi connectivity index (χ1) is 8.58. The Morgan fingerprint density at radius 2 is 2.17 bits per heavy atom. The molecule has 0 amide bonds. The number of benzene rings is 1.